The fourth-order valence-electron chi connectivity index (χ4n) is 1.69. The lowest BCUT2D eigenvalue weighted by Gasteiger charge is -2.17. The Morgan fingerprint density at radius 2 is 2.12 bits per heavy atom. The highest BCUT2D eigenvalue weighted by molar-refractivity contribution is 7.07. The Morgan fingerprint density at radius 3 is 2.71 bits per heavy atom. The summed E-state index contributed by atoms with van der Waals surface area (Å²) >= 11 is 13.7. The van der Waals surface area contributed by atoms with Crippen LogP contribution in [0.1, 0.15) is 17.2 Å². The highest BCUT2D eigenvalue weighted by Gasteiger charge is 2.14. The van der Waals surface area contributed by atoms with Gasteiger partial charge in [0.15, 0.2) is 0 Å². The zero-order valence-electron chi connectivity index (χ0n) is 8.99. The second-order valence-electron chi connectivity index (χ2n) is 3.72. The molecule has 1 atom stereocenters. The third-order valence-electron chi connectivity index (χ3n) is 2.56. The number of hydrogen-bond acceptors (Lipinski definition) is 3. The van der Waals surface area contributed by atoms with Crippen molar-refractivity contribution in [2.45, 2.75) is 12.5 Å². The summed E-state index contributed by atoms with van der Waals surface area (Å²) in [5.41, 5.74) is 5.00. The molecule has 2 nitrogen and oxygen atoms in total. The Hall–Kier alpha value is -0.580. The predicted octanol–water partition coefficient (Wildman–Crippen LogP) is 3.80. The number of rotatable bonds is 4. The summed E-state index contributed by atoms with van der Waals surface area (Å²) in [6.45, 7) is 0. The van der Waals surface area contributed by atoms with E-state index in [4.69, 9.17) is 29.0 Å². The SMILES string of the molecule is NNC(Cc1ccsc1)c1ccc(Cl)cc1Cl. The van der Waals surface area contributed by atoms with E-state index in [1.165, 1.54) is 5.56 Å². The fourth-order valence-corrected chi connectivity index (χ4v) is 2.91. The highest BCUT2D eigenvalue weighted by atomic mass is 35.5. The summed E-state index contributed by atoms with van der Waals surface area (Å²) in [6, 6.07) is 7.53. The normalized spacial score (nSPS) is 12.6. The molecule has 0 aliphatic carbocycles. The van der Waals surface area contributed by atoms with Gasteiger partial charge >= 0.3 is 0 Å². The molecule has 0 amide bonds. The molecular weight excluding hydrogens is 275 g/mol. The second-order valence-corrected chi connectivity index (χ2v) is 5.34. The van der Waals surface area contributed by atoms with E-state index in [-0.39, 0.29) is 6.04 Å². The zero-order chi connectivity index (χ0) is 12.3. The number of nitrogens with one attached hydrogen (secondary N) is 1. The van der Waals surface area contributed by atoms with Crippen molar-refractivity contribution in [2.75, 3.05) is 0 Å². The Kier molecular flexibility index (Phi) is 4.42. The van der Waals surface area contributed by atoms with Gasteiger partial charge in [0.2, 0.25) is 0 Å². The summed E-state index contributed by atoms with van der Waals surface area (Å²) in [5.74, 6) is 5.59. The van der Waals surface area contributed by atoms with Crippen LogP contribution in [0.5, 0.6) is 0 Å². The maximum atomic E-state index is 6.17. The molecule has 2 rings (SSSR count). The van der Waals surface area contributed by atoms with Crippen molar-refractivity contribution < 1.29 is 0 Å². The first-order valence-electron chi connectivity index (χ1n) is 5.13. The van der Waals surface area contributed by atoms with Crippen LogP contribution in [0, 0.1) is 0 Å². The molecule has 1 aromatic heterocycles. The largest absolute Gasteiger partial charge is 0.271 e. The van der Waals surface area contributed by atoms with Gasteiger partial charge in [0.1, 0.15) is 0 Å². The lowest BCUT2D eigenvalue weighted by Crippen LogP contribution is -2.29. The van der Waals surface area contributed by atoms with Crippen LogP contribution in [-0.4, -0.2) is 0 Å². The molecule has 1 heterocycles. The molecule has 1 unspecified atom stereocenters. The predicted molar refractivity (Wildman–Crippen MR) is 74.5 cm³/mol. The number of benzene rings is 1. The van der Waals surface area contributed by atoms with Crippen LogP contribution in [0.25, 0.3) is 0 Å². The molecule has 5 heteroatoms. The van der Waals surface area contributed by atoms with Crippen molar-refractivity contribution in [3.05, 3.63) is 56.2 Å². The topological polar surface area (TPSA) is 38.0 Å². The average Bonchev–Trinajstić information content (AvgIpc) is 2.79. The molecule has 0 aliphatic rings. The van der Waals surface area contributed by atoms with Crippen molar-refractivity contribution in [1.29, 1.82) is 0 Å². The van der Waals surface area contributed by atoms with E-state index in [9.17, 15) is 0 Å². The zero-order valence-corrected chi connectivity index (χ0v) is 11.3. The molecule has 0 saturated heterocycles. The monoisotopic (exact) mass is 286 g/mol. The molecule has 0 spiro atoms. The van der Waals surface area contributed by atoms with Gasteiger partial charge in [-0.25, -0.2) is 0 Å². The van der Waals surface area contributed by atoms with Gasteiger partial charge in [-0.2, -0.15) is 11.3 Å². The van der Waals surface area contributed by atoms with Crippen molar-refractivity contribution in [3.8, 4) is 0 Å². The van der Waals surface area contributed by atoms with Crippen LogP contribution in [0.15, 0.2) is 35.0 Å². The van der Waals surface area contributed by atoms with E-state index in [2.05, 4.69) is 16.9 Å². The average molecular weight is 287 g/mol. The van der Waals surface area contributed by atoms with Crippen molar-refractivity contribution in [2.24, 2.45) is 5.84 Å². The third kappa shape index (κ3) is 3.21. The molecule has 90 valence electrons. The summed E-state index contributed by atoms with van der Waals surface area (Å²) in [6.07, 6.45) is 0.807. The minimum Gasteiger partial charge on any atom is -0.271 e. The van der Waals surface area contributed by atoms with E-state index in [1.54, 1.807) is 17.4 Å². The van der Waals surface area contributed by atoms with E-state index in [0.29, 0.717) is 10.0 Å². The quantitative estimate of drug-likeness (QED) is 0.663. The maximum absolute atomic E-state index is 6.17. The number of thiophene rings is 1. The van der Waals surface area contributed by atoms with Gasteiger partial charge in [0.25, 0.3) is 0 Å². The summed E-state index contributed by atoms with van der Waals surface area (Å²) in [4.78, 5) is 0. The van der Waals surface area contributed by atoms with E-state index < -0.39 is 0 Å². The van der Waals surface area contributed by atoms with E-state index in [0.717, 1.165) is 12.0 Å². The van der Waals surface area contributed by atoms with Gasteiger partial charge in [-0.05, 0) is 46.5 Å². The van der Waals surface area contributed by atoms with Gasteiger partial charge in [0.05, 0.1) is 6.04 Å². The smallest absolute Gasteiger partial charge is 0.0515 e. The van der Waals surface area contributed by atoms with E-state index >= 15 is 0 Å². The highest BCUT2D eigenvalue weighted by Crippen LogP contribution is 2.28. The minimum atomic E-state index is -0.00522. The van der Waals surface area contributed by atoms with Crippen LogP contribution in [-0.2, 0) is 6.42 Å². The maximum Gasteiger partial charge on any atom is 0.0515 e. The van der Waals surface area contributed by atoms with Crippen molar-refractivity contribution >= 4 is 34.5 Å². The standard InChI is InChI=1S/C12H12Cl2N2S/c13-9-1-2-10(11(14)6-9)12(16-15)5-8-3-4-17-7-8/h1-4,6-7,12,16H,5,15H2. The lowest BCUT2D eigenvalue weighted by molar-refractivity contribution is 0.553. The van der Waals surface area contributed by atoms with Gasteiger partial charge in [-0.15, -0.1) is 0 Å². The first-order chi connectivity index (χ1) is 8.20. The summed E-state index contributed by atoms with van der Waals surface area (Å²) in [5, 5.41) is 5.42. The molecule has 0 aliphatic heterocycles. The van der Waals surface area contributed by atoms with Crippen LogP contribution in [0.4, 0.5) is 0 Å². The third-order valence-corrected chi connectivity index (χ3v) is 3.85. The number of halogens is 2. The van der Waals surface area contributed by atoms with Gasteiger partial charge in [-0.3, -0.25) is 11.3 Å². The van der Waals surface area contributed by atoms with Gasteiger partial charge in [-0.1, -0.05) is 29.3 Å². The number of hydrazine groups is 1. The Labute approximate surface area is 114 Å². The number of hydrogen-bond donors (Lipinski definition) is 2. The summed E-state index contributed by atoms with van der Waals surface area (Å²) in [7, 11) is 0. The first kappa shape index (κ1) is 12.9. The van der Waals surface area contributed by atoms with Gasteiger partial charge < -0.3 is 0 Å². The Bertz CT molecular complexity index is 485. The second kappa shape index (κ2) is 5.85. The molecule has 1 aromatic carbocycles. The van der Waals surface area contributed by atoms with Crippen LogP contribution in [0.2, 0.25) is 10.0 Å². The first-order valence-corrected chi connectivity index (χ1v) is 6.82. The molecule has 0 radical (unpaired) electrons. The van der Waals surface area contributed by atoms with Crippen molar-refractivity contribution in [3.63, 3.8) is 0 Å². The summed E-state index contributed by atoms with van der Waals surface area (Å²) < 4.78 is 0. The van der Waals surface area contributed by atoms with Gasteiger partial charge in [0, 0.05) is 10.0 Å². The molecule has 2 aromatic rings. The molecular formula is C12H12Cl2N2S. The minimum absolute atomic E-state index is 0.00522. The number of nitrogens with two attached hydrogens (primary N) is 1. The van der Waals surface area contributed by atoms with Crippen LogP contribution >= 0.6 is 34.5 Å². The van der Waals surface area contributed by atoms with E-state index in [1.807, 2.05) is 17.5 Å². The molecule has 0 bridgehead atoms. The molecule has 0 fully saturated rings. The molecule has 3 N–H and O–H groups in total. The van der Waals surface area contributed by atoms with Crippen molar-refractivity contribution in [1.82, 2.24) is 5.43 Å². The Morgan fingerprint density at radius 1 is 1.29 bits per heavy atom. The van der Waals surface area contributed by atoms with Crippen LogP contribution in [0.3, 0.4) is 0 Å². The molecule has 0 saturated carbocycles. The fraction of sp³-hybridized carbons (Fsp3) is 0.167. The lowest BCUT2D eigenvalue weighted by atomic mass is 10.0. The molecule has 17 heavy (non-hydrogen) atoms. The van der Waals surface area contributed by atoms with Crippen LogP contribution < -0.4 is 11.3 Å². The Balaban J connectivity index is 2.23.